The van der Waals surface area contributed by atoms with E-state index in [4.69, 9.17) is 10.6 Å². The minimum absolute atomic E-state index is 0.0252. The summed E-state index contributed by atoms with van der Waals surface area (Å²) in [6.07, 6.45) is 0.838. The van der Waals surface area contributed by atoms with E-state index in [9.17, 15) is 14.3 Å². The molecule has 0 saturated carbocycles. The van der Waals surface area contributed by atoms with Crippen molar-refractivity contribution in [2.24, 2.45) is 5.73 Å². The predicted octanol–water partition coefficient (Wildman–Crippen LogP) is -0.466. The number of amides is 1. The molecule has 0 saturated heterocycles. The number of nitrogens with two attached hydrogens (primary N) is 1. The van der Waals surface area contributed by atoms with Crippen LogP contribution in [0.3, 0.4) is 0 Å². The van der Waals surface area contributed by atoms with Gasteiger partial charge in [-0.25, -0.2) is 0 Å². The molecule has 7 nitrogen and oxygen atoms in total. The summed E-state index contributed by atoms with van der Waals surface area (Å²) in [5.74, 6) is -0.0673. The van der Waals surface area contributed by atoms with Gasteiger partial charge in [-0.3, -0.25) is 9.36 Å². The molecule has 1 atom stereocenters. The van der Waals surface area contributed by atoms with E-state index in [-0.39, 0.29) is 11.7 Å². The van der Waals surface area contributed by atoms with Crippen LogP contribution in [0.15, 0.2) is 24.3 Å². The van der Waals surface area contributed by atoms with Crippen LogP contribution in [-0.2, 0) is 15.8 Å². The van der Waals surface area contributed by atoms with E-state index in [2.05, 4.69) is 9.84 Å². The summed E-state index contributed by atoms with van der Waals surface area (Å²) in [6, 6.07) is 6.07. The van der Waals surface area contributed by atoms with Crippen LogP contribution in [0.2, 0.25) is 0 Å². The Bertz CT molecular complexity index is 457. The highest BCUT2D eigenvalue weighted by Gasteiger charge is 2.05. The lowest BCUT2D eigenvalue weighted by Gasteiger charge is -2.16. The lowest BCUT2D eigenvalue weighted by atomic mass is 10.1. The quantitative estimate of drug-likeness (QED) is 0.582. The lowest BCUT2D eigenvalue weighted by Crippen LogP contribution is -2.29. The highest BCUT2D eigenvalue weighted by Crippen LogP contribution is 2.32. The van der Waals surface area contributed by atoms with Crippen molar-refractivity contribution >= 4 is 13.7 Å². The normalized spacial score (nSPS) is 13.6. The molecule has 19 heavy (non-hydrogen) atoms. The molecule has 0 radical (unpaired) electrons. The summed E-state index contributed by atoms with van der Waals surface area (Å²) in [5, 5.41) is 2.65. The summed E-state index contributed by atoms with van der Waals surface area (Å²) in [5.41, 5.74) is 6.11. The highest BCUT2D eigenvalue weighted by atomic mass is 31.2. The molecule has 0 aliphatic carbocycles. The van der Waals surface area contributed by atoms with Crippen molar-refractivity contribution < 1.29 is 23.7 Å². The van der Waals surface area contributed by atoms with Gasteiger partial charge in [0, 0.05) is 19.5 Å². The van der Waals surface area contributed by atoms with E-state index in [1.807, 2.05) is 0 Å². The van der Waals surface area contributed by atoms with Gasteiger partial charge in [0.25, 0.3) is 0 Å². The number of nitrogens with one attached hydrogen (secondary N) is 1. The standard InChI is InChI=1S/C11H17N2O5P/c12-7-8-13-11(14)6-3-9-1-4-10(5-2-9)18-19(15,16)17/h1-2,4-5H,3,6-8,12H2,(H,13,14)(H2,15,16,17)/p-1. The number of carbonyl (C=O) groups excluding carboxylic acids is 1. The maximum Gasteiger partial charge on any atom is 0.317 e. The monoisotopic (exact) mass is 287 g/mol. The maximum absolute atomic E-state index is 11.3. The van der Waals surface area contributed by atoms with Crippen molar-refractivity contribution in [3.05, 3.63) is 29.8 Å². The number of benzene rings is 1. The van der Waals surface area contributed by atoms with E-state index in [1.165, 1.54) is 12.1 Å². The zero-order valence-corrected chi connectivity index (χ0v) is 11.1. The average molecular weight is 287 g/mol. The third kappa shape index (κ3) is 6.93. The van der Waals surface area contributed by atoms with Crippen LogP contribution in [0.4, 0.5) is 0 Å². The summed E-state index contributed by atoms with van der Waals surface area (Å²) < 4.78 is 14.8. The molecule has 0 bridgehead atoms. The highest BCUT2D eigenvalue weighted by molar-refractivity contribution is 7.45. The molecule has 106 valence electrons. The molecular weight excluding hydrogens is 271 g/mol. The van der Waals surface area contributed by atoms with Crippen molar-refractivity contribution in [1.82, 2.24) is 5.32 Å². The number of rotatable bonds is 7. The van der Waals surface area contributed by atoms with E-state index in [0.29, 0.717) is 25.9 Å². The Labute approximate surface area is 111 Å². The minimum atomic E-state index is -4.77. The van der Waals surface area contributed by atoms with E-state index in [0.717, 1.165) is 5.56 Å². The van der Waals surface area contributed by atoms with Gasteiger partial charge in [0.15, 0.2) is 0 Å². The van der Waals surface area contributed by atoms with Gasteiger partial charge in [-0.05, 0) is 24.1 Å². The summed E-state index contributed by atoms with van der Waals surface area (Å²) in [4.78, 5) is 30.3. The molecule has 1 aromatic carbocycles. The van der Waals surface area contributed by atoms with Crippen molar-refractivity contribution in [1.29, 1.82) is 0 Å². The fourth-order valence-corrected chi connectivity index (χ4v) is 1.80. The van der Waals surface area contributed by atoms with Crippen LogP contribution in [0.1, 0.15) is 12.0 Å². The molecule has 1 rings (SSSR count). The van der Waals surface area contributed by atoms with Crippen molar-refractivity contribution in [2.45, 2.75) is 12.8 Å². The van der Waals surface area contributed by atoms with Crippen molar-refractivity contribution in [2.75, 3.05) is 13.1 Å². The first-order valence-corrected chi connectivity index (χ1v) is 7.19. The zero-order valence-electron chi connectivity index (χ0n) is 10.2. The van der Waals surface area contributed by atoms with Crippen molar-refractivity contribution in [3.8, 4) is 5.75 Å². The third-order valence-corrected chi connectivity index (χ3v) is 2.69. The number of hydrogen-bond donors (Lipinski definition) is 3. The number of phosphoric ester groups is 1. The van der Waals surface area contributed by atoms with Crippen LogP contribution in [-0.4, -0.2) is 23.9 Å². The zero-order chi connectivity index (χ0) is 14.3. The molecular formula is C11H16N2O5P-. The number of hydrogen-bond acceptors (Lipinski definition) is 5. The fraction of sp³-hybridized carbons (Fsp3) is 0.364. The molecule has 0 aliphatic heterocycles. The average Bonchev–Trinajstić information content (AvgIpc) is 2.33. The van der Waals surface area contributed by atoms with Gasteiger partial charge in [0.1, 0.15) is 5.75 Å². The van der Waals surface area contributed by atoms with Gasteiger partial charge < -0.3 is 25.4 Å². The minimum Gasteiger partial charge on any atom is -0.746 e. The van der Waals surface area contributed by atoms with E-state index < -0.39 is 7.82 Å². The lowest BCUT2D eigenvalue weighted by molar-refractivity contribution is -0.211. The van der Waals surface area contributed by atoms with Crippen LogP contribution in [0.25, 0.3) is 0 Å². The molecule has 0 aliphatic rings. The molecule has 4 N–H and O–H groups in total. The molecule has 0 aromatic heterocycles. The first-order valence-electron chi connectivity index (χ1n) is 5.70. The second kappa shape index (κ2) is 7.25. The molecule has 1 aromatic rings. The predicted molar refractivity (Wildman–Crippen MR) is 67.3 cm³/mol. The fourth-order valence-electron chi connectivity index (χ4n) is 1.41. The van der Waals surface area contributed by atoms with Crippen LogP contribution >= 0.6 is 7.82 Å². The Morgan fingerprint density at radius 2 is 2.05 bits per heavy atom. The molecule has 0 spiro atoms. The van der Waals surface area contributed by atoms with E-state index >= 15 is 0 Å². The summed E-state index contributed by atoms with van der Waals surface area (Å²) in [7, 11) is -4.77. The topological polar surface area (TPSA) is 125 Å². The van der Waals surface area contributed by atoms with Gasteiger partial charge in [-0.2, -0.15) is 0 Å². The SMILES string of the molecule is NCCNC(=O)CCc1ccc(OP(=O)([O-])O)cc1. The van der Waals surface area contributed by atoms with E-state index in [1.54, 1.807) is 12.1 Å². The smallest absolute Gasteiger partial charge is 0.317 e. The van der Waals surface area contributed by atoms with Crippen LogP contribution in [0.5, 0.6) is 5.75 Å². The second-order valence-corrected chi connectivity index (χ2v) is 4.96. The molecule has 8 heteroatoms. The molecule has 1 amide bonds. The molecule has 1 unspecified atom stereocenters. The van der Waals surface area contributed by atoms with Gasteiger partial charge in [-0.15, -0.1) is 0 Å². The van der Waals surface area contributed by atoms with Gasteiger partial charge >= 0.3 is 7.82 Å². The third-order valence-electron chi connectivity index (χ3n) is 2.25. The van der Waals surface area contributed by atoms with Crippen LogP contribution in [0, 0.1) is 0 Å². The summed E-state index contributed by atoms with van der Waals surface area (Å²) in [6.45, 7) is 0.842. The van der Waals surface area contributed by atoms with Gasteiger partial charge in [0.05, 0.1) is 0 Å². The molecule has 0 fully saturated rings. The van der Waals surface area contributed by atoms with Gasteiger partial charge in [0.2, 0.25) is 5.91 Å². The van der Waals surface area contributed by atoms with Crippen LogP contribution < -0.4 is 20.5 Å². The largest absolute Gasteiger partial charge is 0.746 e. The Balaban J connectivity index is 2.44. The Hall–Kier alpha value is -1.40. The van der Waals surface area contributed by atoms with Gasteiger partial charge in [-0.1, -0.05) is 12.1 Å². The first kappa shape index (κ1) is 15.7. The maximum atomic E-state index is 11.3. The Kier molecular flexibility index (Phi) is 5.98. The second-order valence-electron chi connectivity index (χ2n) is 3.84. The Morgan fingerprint density at radius 1 is 1.42 bits per heavy atom. The first-order chi connectivity index (χ1) is 8.90. The Morgan fingerprint density at radius 3 is 2.58 bits per heavy atom. The number of aryl methyl sites for hydroxylation is 1. The molecule has 0 heterocycles. The summed E-state index contributed by atoms with van der Waals surface area (Å²) >= 11 is 0. The van der Waals surface area contributed by atoms with Crippen molar-refractivity contribution in [3.63, 3.8) is 0 Å². The number of phosphoric acid groups is 1. The number of carbonyl (C=O) groups is 1.